The molecule has 3 aromatic rings. The lowest BCUT2D eigenvalue weighted by molar-refractivity contribution is -0.245. The molecule has 1 aliphatic heterocycles. The van der Waals surface area contributed by atoms with Gasteiger partial charge in [0.15, 0.2) is 11.4 Å². The van der Waals surface area contributed by atoms with Crippen molar-refractivity contribution in [3.63, 3.8) is 0 Å². The minimum absolute atomic E-state index is 0.0157. The molecule has 35 heavy (non-hydrogen) atoms. The van der Waals surface area contributed by atoms with E-state index in [0.29, 0.717) is 13.1 Å². The molecule has 4 rings (SSSR count). The number of carbonyl (C=O) groups is 1. The Bertz CT molecular complexity index is 1090. The lowest BCUT2D eigenvalue weighted by Crippen LogP contribution is -2.34. The molecule has 0 saturated carbocycles. The second kappa shape index (κ2) is 12.2. The molecule has 3 N–H and O–H groups in total. The zero-order chi connectivity index (χ0) is 24.6. The maximum atomic E-state index is 11.7. The summed E-state index contributed by atoms with van der Waals surface area (Å²) in [4.78, 5) is 16.1. The molecule has 2 aromatic carbocycles. The zero-order valence-electron chi connectivity index (χ0n) is 20.0. The van der Waals surface area contributed by atoms with Crippen LogP contribution in [-0.2, 0) is 29.7 Å². The number of aromatic nitrogens is 2. The highest BCUT2D eigenvalue weighted by Crippen LogP contribution is 2.39. The van der Waals surface area contributed by atoms with Crippen molar-refractivity contribution >= 4 is 17.8 Å². The lowest BCUT2D eigenvalue weighted by Gasteiger charge is -2.36. The van der Waals surface area contributed by atoms with Gasteiger partial charge in [-0.25, -0.2) is 9.78 Å². The molecule has 3 atom stereocenters. The van der Waals surface area contributed by atoms with E-state index in [2.05, 4.69) is 15.6 Å². The number of amides is 2. The fourth-order valence-corrected chi connectivity index (χ4v) is 4.83. The maximum absolute atomic E-state index is 11.7. The number of aliphatic hydroxyl groups excluding tert-OH is 1. The van der Waals surface area contributed by atoms with Crippen LogP contribution in [0.5, 0.6) is 0 Å². The summed E-state index contributed by atoms with van der Waals surface area (Å²) in [6.07, 6.45) is 3.78. The zero-order valence-corrected chi connectivity index (χ0v) is 20.8. The molecule has 0 bridgehead atoms. The predicted molar refractivity (Wildman–Crippen MR) is 135 cm³/mol. The molecule has 1 fully saturated rings. The Morgan fingerprint density at radius 1 is 1.09 bits per heavy atom. The van der Waals surface area contributed by atoms with Crippen molar-refractivity contribution in [3.8, 4) is 0 Å². The fourth-order valence-electron chi connectivity index (χ4n) is 3.88. The molecular formula is C26H32N4O4S. The second-order valence-electron chi connectivity index (χ2n) is 8.44. The van der Waals surface area contributed by atoms with E-state index in [4.69, 9.17) is 9.47 Å². The van der Waals surface area contributed by atoms with Crippen LogP contribution in [0.15, 0.2) is 66.1 Å². The number of nitrogens with one attached hydrogen (secondary N) is 2. The normalized spacial score (nSPS) is 19.9. The summed E-state index contributed by atoms with van der Waals surface area (Å²) in [5.41, 5.74) is 3.85. The number of nitrogens with zero attached hydrogens (tertiary/aromatic N) is 2. The first kappa shape index (κ1) is 25.2. The van der Waals surface area contributed by atoms with Gasteiger partial charge in [-0.3, -0.25) is 0 Å². The van der Waals surface area contributed by atoms with Crippen molar-refractivity contribution in [1.29, 1.82) is 0 Å². The molecule has 0 aliphatic carbocycles. The Morgan fingerprint density at radius 2 is 1.80 bits per heavy atom. The molecule has 1 saturated heterocycles. The summed E-state index contributed by atoms with van der Waals surface area (Å²) in [6.45, 7) is 2.93. The van der Waals surface area contributed by atoms with Crippen molar-refractivity contribution in [2.45, 2.75) is 50.2 Å². The molecular weight excluding hydrogens is 464 g/mol. The maximum Gasteiger partial charge on any atom is 0.315 e. The molecule has 0 spiro atoms. The average Bonchev–Trinajstić information content (AvgIpc) is 3.31. The number of hydrogen-bond acceptors (Lipinski definition) is 6. The predicted octanol–water partition coefficient (Wildman–Crippen LogP) is 4.07. The Hall–Kier alpha value is -2.85. The standard InChI is InChI=1S/C26H32N4O4S/c1-3-27-25(32)29-15-18-4-10-21(11-5-18)24-33-22(17-35-26-28-12-13-30(26)2)14-23(34-24)20-8-6-19(16-31)7-9-20/h4-13,22-24,31H,3,14-17H2,1-2H3,(H2,27,29,32)/t22-,23+,24+/m1/s1. The third-order valence-electron chi connectivity index (χ3n) is 5.83. The van der Waals surface area contributed by atoms with Crippen LogP contribution in [0.4, 0.5) is 4.79 Å². The van der Waals surface area contributed by atoms with E-state index in [1.54, 1.807) is 18.0 Å². The van der Waals surface area contributed by atoms with Crippen LogP contribution in [0.3, 0.4) is 0 Å². The van der Waals surface area contributed by atoms with Gasteiger partial charge in [0.1, 0.15) is 0 Å². The summed E-state index contributed by atoms with van der Waals surface area (Å²) in [5, 5.41) is 15.9. The number of imidazole rings is 1. The Labute approximate surface area is 210 Å². The number of hydrogen-bond donors (Lipinski definition) is 3. The van der Waals surface area contributed by atoms with Crippen molar-refractivity contribution in [2.75, 3.05) is 12.3 Å². The quantitative estimate of drug-likeness (QED) is 0.387. The first-order valence-electron chi connectivity index (χ1n) is 11.8. The molecule has 1 aliphatic rings. The number of carbonyl (C=O) groups excluding carboxylic acids is 1. The third kappa shape index (κ3) is 6.85. The van der Waals surface area contributed by atoms with Crippen LogP contribution in [0.25, 0.3) is 0 Å². The van der Waals surface area contributed by atoms with E-state index in [1.165, 1.54) is 0 Å². The van der Waals surface area contributed by atoms with E-state index >= 15 is 0 Å². The smallest absolute Gasteiger partial charge is 0.315 e. The van der Waals surface area contributed by atoms with Gasteiger partial charge in [-0.05, 0) is 23.6 Å². The highest BCUT2D eigenvalue weighted by atomic mass is 32.2. The van der Waals surface area contributed by atoms with Gasteiger partial charge in [-0.15, -0.1) is 0 Å². The van der Waals surface area contributed by atoms with Crippen molar-refractivity contribution < 1.29 is 19.4 Å². The van der Waals surface area contributed by atoms with Crippen molar-refractivity contribution in [3.05, 3.63) is 83.2 Å². The Kier molecular flexibility index (Phi) is 8.81. The number of aryl methyl sites for hydroxylation is 1. The van der Waals surface area contributed by atoms with Crippen LogP contribution < -0.4 is 10.6 Å². The minimum Gasteiger partial charge on any atom is -0.392 e. The number of benzene rings is 2. The number of aliphatic hydroxyl groups is 1. The van der Waals surface area contributed by atoms with Gasteiger partial charge in [-0.2, -0.15) is 0 Å². The summed E-state index contributed by atoms with van der Waals surface area (Å²) in [6, 6.07) is 15.6. The fraction of sp³-hybridized carbons (Fsp3) is 0.385. The number of ether oxygens (including phenoxy) is 2. The molecule has 2 heterocycles. The molecule has 1 aromatic heterocycles. The van der Waals surface area contributed by atoms with E-state index in [9.17, 15) is 9.90 Å². The van der Waals surface area contributed by atoms with Gasteiger partial charge in [-0.1, -0.05) is 60.3 Å². The van der Waals surface area contributed by atoms with Crippen LogP contribution >= 0.6 is 11.8 Å². The number of urea groups is 1. The van der Waals surface area contributed by atoms with Crippen LogP contribution in [0, 0.1) is 0 Å². The molecule has 9 heteroatoms. The average molecular weight is 497 g/mol. The van der Waals surface area contributed by atoms with Gasteiger partial charge in [0, 0.05) is 50.3 Å². The van der Waals surface area contributed by atoms with Gasteiger partial charge in [0.05, 0.1) is 18.8 Å². The molecule has 2 amide bonds. The number of rotatable bonds is 9. The van der Waals surface area contributed by atoms with E-state index in [1.807, 2.05) is 73.3 Å². The van der Waals surface area contributed by atoms with Gasteiger partial charge in [0.25, 0.3) is 0 Å². The van der Waals surface area contributed by atoms with Crippen molar-refractivity contribution in [1.82, 2.24) is 20.2 Å². The molecule has 0 radical (unpaired) electrons. The first-order valence-corrected chi connectivity index (χ1v) is 12.8. The first-order chi connectivity index (χ1) is 17.1. The van der Waals surface area contributed by atoms with Crippen molar-refractivity contribution in [2.24, 2.45) is 7.05 Å². The van der Waals surface area contributed by atoms with E-state index < -0.39 is 6.29 Å². The summed E-state index contributed by atoms with van der Waals surface area (Å²) >= 11 is 1.67. The lowest BCUT2D eigenvalue weighted by atomic mass is 10.0. The van der Waals surface area contributed by atoms with Gasteiger partial charge >= 0.3 is 6.03 Å². The van der Waals surface area contributed by atoms with Crippen LogP contribution in [0.2, 0.25) is 0 Å². The molecule has 8 nitrogen and oxygen atoms in total. The Morgan fingerprint density at radius 3 is 2.46 bits per heavy atom. The monoisotopic (exact) mass is 496 g/mol. The van der Waals surface area contributed by atoms with Gasteiger partial charge < -0.3 is 29.8 Å². The largest absolute Gasteiger partial charge is 0.392 e. The Balaban J connectivity index is 1.47. The third-order valence-corrected chi connectivity index (χ3v) is 7.02. The minimum atomic E-state index is -0.511. The summed E-state index contributed by atoms with van der Waals surface area (Å²) < 4.78 is 14.8. The van der Waals surface area contributed by atoms with Crippen LogP contribution in [-0.4, -0.2) is 39.1 Å². The SMILES string of the molecule is CCNC(=O)NCc1ccc([C@H]2O[C@@H](CSc3nccn3C)C[C@@H](c3ccc(CO)cc3)O2)cc1. The number of thioether (sulfide) groups is 1. The van der Waals surface area contributed by atoms with Gasteiger partial charge in [0.2, 0.25) is 0 Å². The summed E-state index contributed by atoms with van der Waals surface area (Å²) in [7, 11) is 1.98. The highest BCUT2D eigenvalue weighted by molar-refractivity contribution is 7.99. The molecule has 0 unspecified atom stereocenters. The van der Waals surface area contributed by atoms with E-state index in [0.717, 1.165) is 39.6 Å². The topological polar surface area (TPSA) is 97.6 Å². The summed E-state index contributed by atoms with van der Waals surface area (Å²) in [5.74, 6) is 0.754. The van der Waals surface area contributed by atoms with Crippen LogP contribution in [0.1, 0.15) is 48.0 Å². The second-order valence-corrected chi connectivity index (χ2v) is 9.42. The van der Waals surface area contributed by atoms with E-state index in [-0.39, 0.29) is 24.8 Å². The highest BCUT2D eigenvalue weighted by Gasteiger charge is 2.32. The molecule has 186 valence electrons.